The number of sulfonamides is 1. The third-order valence-corrected chi connectivity index (χ3v) is 8.98. The van der Waals surface area contributed by atoms with Crippen LogP contribution >= 0.6 is 12.4 Å². The van der Waals surface area contributed by atoms with Crippen LogP contribution in [-0.2, 0) is 10.0 Å². The number of halogens is 1. The first-order valence-corrected chi connectivity index (χ1v) is 13.6. The van der Waals surface area contributed by atoms with Crippen molar-refractivity contribution < 1.29 is 8.42 Å². The molecule has 1 aromatic heterocycles. The van der Waals surface area contributed by atoms with Crippen LogP contribution in [0.1, 0.15) is 25.7 Å². The van der Waals surface area contributed by atoms with Gasteiger partial charge in [0.1, 0.15) is 5.82 Å². The molecule has 0 bridgehead atoms. The minimum absolute atomic E-state index is 0. The van der Waals surface area contributed by atoms with Gasteiger partial charge in [-0.05, 0) is 61.1 Å². The maximum Gasteiger partial charge on any atom is 0.243 e. The molecule has 7 nitrogen and oxygen atoms in total. The lowest BCUT2D eigenvalue weighted by molar-refractivity contribution is 0.251. The molecule has 3 N–H and O–H groups in total. The molecule has 1 aliphatic rings. The van der Waals surface area contributed by atoms with E-state index in [1.807, 2.05) is 60.7 Å². The van der Waals surface area contributed by atoms with Gasteiger partial charge in [-0.1, -0.05) is 48.5 Å². The number of anilines is 2. The molecule has 1 saturated carbocycles. The van der Waals surface area contributed by atoms with Crippen molar-refractivity contribution in [2.75, 3.05) is 31.2 Å². The summed E-state index contributed by atoms with van der Waals surface area (Å²) in [6.45, 7) is 1.32. The summed E-state index contributed by atoms with van der Waals surface area (Å²) in [7, 11) is -1.85. The van der Waals surface area contributed by atoms with E-state index in [-0.39, 0.29) is 12.4 Å². The summed E-state index contributed by atoms with van der Waals surface area (Å²) in [5.41, 5.74) is 6.93. The lowest BCUT2D eigenvalue weighted by Gasteiger charge is -2.31. The second kappa shape index (κ2) is 11.0. The molecule has 0 unspecified atom stereocenters. The van der Waals surface area contributed by atoms with Crippen molar-refractivity contribution >= 4 is 55.9 Å². The Balaban J connectivity index is 0.00000304. The van der Waals surface area contributed by atoms with Crippen molar-refractivity contribution in [1.82, 2.24) is 14.3 Å². The van der Waals surface area contributed by atoms with Crippen LogP contribution in [0, 0.1) is 11.8 Å². The van der Waals surface area contributed by atoms with Crippen molar-refractivity contribution in [2.24, 2.45) is 11.8 Å². The number of nitrogens with one attached hydrogen (secondary N) is 1. The maximum atomic E-state index is 13.4. The van der Waals surface area contributed by atoms with Crippen molar-refractivity contribution in [3.8, 4) is 0 Å². The van der Waals surface area contributed by atoms with Gasteiger partial charge in [-0.3, -0.25) is 0 Å². The van der Waals surface area contributed by atoms with E-state index in [1.165, 1.54) is 4.31 Å². The average molecular weight is 526 g/mol. The first-order valence-electron chi connectivity index (χ1n) is 12.1. The second-order valence-electron chi connectivity index (χ2n) is 9.48. The van der Waals surface area contributed by atoms with Gasteiger partial charge in [0.15, 0.2) is 0 Å². The lowest BCUT2D eigenvalue weighted by Crippen LogP contribution is -2.34. The summed E-state index contributed by atoms with van der Waals surface area (Å²) in [4.78, 5) is 9.36. The molecule has 3 aromatic carbocycles. The first kappa shape index (κ1) is 26.1. The van der Waals surface area contributed by atoms with Crippen LogP contribution in [0.3, 0.4) is 0 Å². The molecule has 0 saturated heterocycles. The number of hydrogen-bond donors (Lipinski definition) is 2. The van der Waals surface area contributed by atoms with E-state index in [2.05, 4.69) is 15.3 Å². The van der Waals surface area contributed by atoms with Gasteiger partial charge in [0.2, 0.25) is 16.0 Å². The molecule has 9 heteroatoms. The van der Waals surface area contributed by atoms with E-state index < -0.39 is 10.0 Å². The predicted molar refractivity (Wildman–Crippen MR) is 149 cm³/mol. The summed E-state index contributed by atoms with van der Waals surface area (Å²) < 4.78 is 28.2. The normalized spacial score (nSPS) is 18.3. The van der Waals surface area contributed by atoms with Crippen molar-refractivity contribution in [2.45, 2.75) is 30.6 Å². The van der Waals surface area contributed by atoms with E-state index >= 15 is 0 Å². The van der Waals surface area contributed by atoms with Crippen molar-refractivity contribution in [3.63, 3.8) is 0 Å². The molecule has 0 aliphatic heterocycles. The van der Waals surface area contributed by atoms with E-state index in [4.69, 9.17) is 5.73 Å². The molecular weight excluding hydrogens is 494 g/mol. The largest absolute Gasteiger partial charge is 0.383 e. The Hall–Kier alpha value is -2.94. The molecule has 1 heterocycles. The van der Waals surface area contributed by atoms with E-state index in [0.717, 1.165) is 53.9 Å². The minimum Gasteiger partial charge on any atom is -0.383 e. The number of nitrogen functional groups attached to an aromatic ring is 1. The molecule has 5 rings (SSSR count). The van der Waals surface area contributed by atoms with Crippen LogP contribution in [0.15, 0.2) is 71.6 Å². The predicted octanol–water partition coefficient (Wildman–Crippen LogP) is 5.33. The van der Waals surface area contributed by atoms with Crippen LogP contribution in [-0.4, -0.2) is 42.8 Å². The highest BCUT2D eigenvalue weighted by molar-refractivity contribution is 7.89. The Labute approximate surface area is 218 Å². The summed E-state index contributed by atoms with van der Waals surface area (Å²) in [5.74, 6) is 1.90. The highest BCUT2D eigenvalue weighted by Gasteiger charge is 2.28. The van der Waals surface area contributed by atoms with Gasteiger partial charge in [-0.2, -0.15) is 4.98 Å². The van der Waals surface area contributed by atoms with Gasteiger partial charge < -0.3 is 11.1 Å². The standard InChI is InChI=1S/C27H31N5O2S.ClH/c1-32(35(33,34)25-12-6-8-21-7-2-3-9-22(21)25)18-20-15-13-19(14-16-20)17-29-27-30-24-11-5-4-10-23(24)26(28)31-27;/h2-12,19-20H,13-18H2,1H3,(H3,28,29,30,31);1H. The van der Waals surface area contributed by atoms with Gasteiger partial charge in [0.05, 0.1) is 10.4 Å². The number of para-hydroxylation sites is 1. The molecule has 1 fully saturated rings. The number of fused-ring (bicyclic) bond motifs is 2. The smallest absolute Gasteiger partial charge is 0.243 e. The third-order valence-electron chi connectivity index (χ3n) is 7.10. The SMILES string of the molecule is CN(CC1CCC(CNc2nc(N)c3ccccc3n2)CC1)S(=O)(=O)c1cccc2ccccc12.Cl. The van der Waals surface area contributed by atoms with Crippen LogP contribution in [0.4, 0.5) is 11.8 Å². The molecule has 0 amide bonds. The Morgan fingerprint density at radius 3 is 2.31 bits per heavy atom. The van der Waals surface area contributed by atoms with Gasteiger partial charge in [0, 0.05) is 30.9 Å². The van der Waals surface area contributed by atoms with E-state index in [0.29, 0.717) is 35.0 Å². The Kier molecular flexibility index (Phi) is 7.97. The Bertz CT molecular complexity index is 1450. The molecule has 1 aliphatic carbocycles. The summed E-state index contributed by atoms with van der Waals surface area (Å²) in [6.07, 6.45) is 4.09. The molecule has 0 spiro atoms. The monoisotopic (exact) mass is 525 g/mol. The zero-order valence-electron chi connectivity index (χ0n) is 20.3. The maximum absolute atomic E-state index is 13.4. The van der Waals surface area contributed by atoms with Gasteiger partial charge >= 0.3 is 0 Å². The van der Waals surface area contributed by atoms with Crippen LogP contribution in [0.5, 0.6) is 0 Å². The van der Waals surface area contributed by atoms with Crippen LogP contribution in [0.25, 0.3) is 21.7 Å². The third kappa shape index (κ3) is 5.40. The topological polar surface area (TPSA) is 101 Å². The minimum atomic E-state index is -3.55. The summed E-state index contributed by atoms with van der Waals surface area (Å²) in [6, 6.07) is 20.8. The quantitative estimate of drug-likeness (QED) is 0.338. The van der Waals surface area contributed by atoms with Crippen molar-refractivity contribution in [1.29, 1.82) is 0 Å². The zero-order chi connectivity index (χ0) is 24.4. The number of aromatic nitrogens is 2. The first-order chi connectivity index (χ1) is 16.9. The Morgan fingerprint density at radius 1 is 0.889 bits per heavy atom. The second-order valence-corrected chi connectivity index (χ2v) is 11.5. The number of nitrogens with two attached hydrogens (primary N) is 1. The Morgan fingerprint density at radius 2 is 1.53 bits per heavy atom. The molecule has 0 atom stereocenters. The van der Waals surface area contributed by atoms with Gasteiger partial charge in [-0.15, -0.1) is 12.4 Å². The lowest BCUT2D eigenvalue weighted by atomic mass is 9.82. The number of benzene rings is 3. The highest BCUT2D eigenvalue weighted by Crippen LogP contribution is 2.32. The fourth-order valence-corrected chi connectivity index (χ4v) is 6.54. The molecule has 190 valence electrons. The van der Waals surface area contributed by atoms with E-state index in [1.54, 1.807) is 13.1 Å². The van der Waals surface area contributed by atoms with Gasteiger partial charge in [-0.25, -0.2) is 17.7 Å². The number of nitrogens with zero attached hydrogens (tertiary/aromatic N) is 3. The van der Waals surface area contributed by atoms with Crippen LogP contribution in [0.2, 0.25) is 0 Å². The van der Waals surface area contributed by atoms with Gasteiger partial charge in [0.25, 0.3) is 0 Å². The summed E-state index contributed by atoms with van der Waals surface area (Å²) >= 11 is 0. The number of rotatable bonds is 7. The fraction of sp³-hybridized carbons (Fsp3) is 0.333. The van der Waals surface area contributed by atoms with Crippen LogP contribution < -0.4 is 11.1 Å². The molecular formula is C27H32ClN5O2S. The highest BCUT2D eigenvalue weighted by atomic mass is 35.5. The molecule has 36 heavy (non-hydrogen) atoms. The van der Waals surface area contributed by atoms with E-state index in [9.17, 15) is 8.42 Å². The molecule has 0 radical (unpaired) electrons. The average Bonchev–Trinajstić information content (AvgIpc) is 2.88. The van der Waals surface area contributed by atoms with Crippen molar-refractivity contribution in [3.05, 3.63) is 66.7 Å². The number of hydrogen-bond acceptors (Lipinski definition) is 6. The fourth-order valence-electron chi connectivity index (χ4n) is 5.08. The zero-order valence-corrected chi connectivity index (χ0v) is 21.9. The summed E-state index contributed by atoms with van der Waals surface area (Å²) in [5, 5.41) is 5.93. The molecule has 4 aromatic rings.